The average Bonchev–Trinajstić information content (AvgIpc) is 2.61. The van der Waals surface area contributed by atoms with Gasteiger partial charge in [0, 0.05) is 0 Å². The fourth-order valence-corrected chi connectivity index (χ4v) is 3.02. The lowest BCUT2D eigenvalue weighted by molar-refractivity contribution is -0.146. The van der Waals surface area contributed by atoms with Crippen LogP contribution in [0, 0.1) is 0 Å². The molecule has 0 bridgehead atoms. The van der Waals surface area contributed by atoms with E-state index in [9.17, 15) is 4.79 Å². The van der Waals surface area contributed by atoms with Gasteiger partial charge in [0.1, 0.15) is 6.61 Å². The average molecular weight is 381 g/mol. The topological polar surface area (TPSA) is 46.5 Å². The lowest BCUT2D eigenvalue weighted by Crippen LogP contribution is -2.23. The van der Waals surface area contributed by atoms with Gasteiger partial charge in [-0.05, 0) is 29.1 Å². The molecular weight excluding hydrogens is 344 g/mol. The molecule has 1 aromatic rings. The number of benzene rings is 1. The van der Waals surface area contributed by atoms with Crippen molar-refractivity contribution in [1.82, 2.24) is 0 Å². The molecule has 4 heteroatoms. The molecule has 0 saturated carbocycles. The van der Waals surface area contributed by atoms with Crippen LogP contribution in [0.3, 0.4) is 0 Å². The van der Waals surface area contributed by atoms with Gasteiger partial charge in [-0.1, -0.05) is 88.6 Å². The molecule has 1 aromatic carbocycles. The van der Waals surface area contributed by atoms with Gasteiger partial charge in [0.05, 0.1) is 6.61 Å². The van der Waals surface area contributed by atoms with Crippen molar-refractivity contribution in [3.05, 3.63) is 67.8 Å². The summed E-state index contributed by atoms with van der Waals surface area (Å²) < 4.78 is 4.69. The highest BCUT2D eigenvalue weighted by Crippen LogP contribution is 2.59. The maximum atomic E-state index is 9.94. The van der Waals surface area contributed by atoms with Gasteiger partial charge < -0.3 is 9.84 Å². The molecule has 0 spiro atoms. The molecule has 0 aliphatic heterocycles. The monoisotopic (exact) mass is 380 g/mol. The quantitative estimate of drug-likeness (QED) is 0.552. The number of aliphatic hydroxyl groups is 1. The molecule has 0 radical (unpaired) electrons. The number of hydrogen-bond donors (Lipinski definition) is 1. The summed E-state index contributed by atoms with van der Waals surface area (Å²) in [6.45, 7) is 15.4. The van der Waals surface area contributed by atoms with E-state index in [4.69, 9.17) is 5.11 Å². The molecule has 1 N–H and O–H groups in total. The van der Waals surface area contributed by atoms with Gasteiger partial charge in [0.15, 0.2) is 0 Å². The second-order valence-corrected chi connectivity index (χ2v) is 10.9. The Hall–Kier alpha value is -1.78. The van der Waals surface area contributed by atoms with Crippen molar-refractivity contribution < 1.29 is 14.6 Å². The van der Waals surface area contributed by atoms with Crippen LogP contribution in [0.5, 0.6) is 0 Å². The van der Waals surface area contributed by atoms with E-state index >= 15 is 0 Å². The molecule has 0 atom stereocenters. The van der Waals surface area contributed by atoms with Gasteiger partial charge in [-0.15, -0.1) is 0 Å². The Balaban J connectivity index is 0. The summed E-state index contributed by atoms with van der Waals surface area (Å²) in [4.78, 5) is 11.4. The molecule has 0 saturated heterocycles. The third-order valence-corrected chi connectivity index (χ3v) is 8.19. The van der Waals surface area contributed by atoms with E-state index in [0.29, 0.717) is 11.4 Å². The Bertz CT molecular complexity index is 530. The summed E-state index contributed by atoms with van der Waals surface area (Å²) in [5.74, 6) is -0.567. The maximum Gasteiger partial charge on any atom is 0.331 e. The Morgan fingerprint density at radius 1 is 1.12 bits per heavy atom. The van der Waals surface area contributed by atoms with Crippen molar-refractivity contribution in [2.45, 2.75) is 37.3 Å². The van der Waals surface area contributed by atoms with Crippen molar-refractivity contribution in [1.29, 1.82) is 0 Å². The Labute approximate surface area is 161 Å². The first-order valence-corrected chi connectivity index (χ1v) is 11.0. The fraction of sp³-hybridized carbons (Fsp3) is 0.409. The maximum absolute atomic E-state index is 9.94. The molecule has 26 heavy (non-hydrogen) atoms. The number of ether oxygens (including phenoxy) is 1. The van der Waals surface area contributed by atoms with Crippen LogP contribution in [0.4, 0.5) is 0 Å². The summed E-state index contributed by atoms with van der Waals surface area (Å²) in [6, 6.07) is 10.9. The number of carbonyl (C=O) groups is 1. The third-order valence-electron chi connectivity index (χ3n) is 3.68. The fourth-order valence-electron chi connectivity index (χ4n) is 1.48. The molecule has 0 fully saturated rings. The van der Waals surface area contributed by atoms with Crippen LogP contribution in [0.15, 0.2) is 72.7 Å². The Morgan fingerprint density at radius 2 is 1.58 bits per heavy atom. The highest BCUT2D eigenvalue weighted by Gasteiger charge is 2.28. The molecule has 0 aliphatic rings. The van der Waals surface area contributed by atoms with Crippen LogP contribution in [0.2, 0.25) is 0 Å². The number of allylic oxidation sites excluding steroid dienone is 4. The summed E-state index contributed by atoms with van der Waals surface area (Å²) in [5.41, 5.74) is 0. The molecule has 3 nitrogen and oxygen atoms in total. The lowest BCUT2D eigenvalue weighted by atomic mass is 10.3. The minimum Gasteiger partial charge on any atom is -0.464 e. The van der Waals surface area contributed by atoms with Gasteiger partial charge in [-0.25, -0.2) is 14.8 Å². The van der Waals surface area contributed by atoms with E-state index in [1.807, 2.05) is 12.2 Å². The van der Waals surface area contributed by atoms with E-state index in [1.165, 1.54) is 4.90 Å². The largest absolute Gasteiger partial charge is 0.464 e. The zero-order chi connectivity index (χ0) is 20.6. The summed E-state index contributed by atoms with van der Waals surface area (Å²) in [6.07, 6.45) is 11.9. The van der Waals surface area contributed by atoms with Crippen LogP contribution in [0.25, 0.3) is 0 Å². The highest BCUT2D eigenvalue weighted by molar-refractivity contribution is 8.33. The Morgan fingerprint density at radius 3 is 1.85 bits per heavy atom. The molecule has 0 unspecified atom stereocenters. The van der Waals surface area contributed by atoms with Gasteiger partial charge in [0.2, 0.25) is 0 Å². The summed E-state index contributed by atoms with van der Waals surface area (Å²) >= 11 is 0. The molecule has 0 aliphatic carbocycles. The first-order valence-electron chi connectivity index (χ1n) is 8.53. The van der Waals surface area contributed by atoms with E-state index < -0.39 is 22.6 Å². The highest BCUT2D eigenvalue weighted by atomic mass is 32.3. The number of hydrogen-bond acceptors (Lipinski definition) is 3. The van der Waals surface area contributed by atoms with Crippen molar-refractivity contribution >= 4 is 16.0 Å². The molecule has 0 aromatic heterocycles. The Kier molecular flexibility index (Phi) is 14.6. The molecular formula is C22H36O3S. The first kappa shape index (κ1) is 26.4. The smallest absolute Gasteiger partial charge is 0.331 e. The first-order chi connectivity index (χ1) is 12.1. The third kappa shape index (κ3) is 11.7. The second kappa shape index (κ2) is 14.4. The number of carbonyl (C=O) groups excluding carboxylic acids is 1. The zero-order valence-corrected chi connectivity index (χ0v) is 18.0. The number of aliphatic hydroxyl groups excluding tert-OH is 1. The van der Waals surface area contributed by atoms with Gasteiger partial charge >= 0.3 is 5.97 Å². The van der Waals surface area contributed by atoms with E-state index in [0.717, 1.165) is 0 Å². The van der Waals surface area contributed by atoms with Gasteiger partial charge in [0.25, 0.3) is 0 Å². The molecule has 1 rings (SSSR count). The van der Waals surface area contributed by atoms with Crippen molar-refractivity contribution in [3.8, 4) is 0 Å². The van der Waals surface area contributed by atoms with E-state index in [2.05, 4.69) is 81.5 Å². The van der Waals surface area contributed by atoms with Crippen molar-refractivity contribution in [3.63, 3.8) is 0 Å². The van der Waals surface area contributed by atoms with E-state index in [1.54, 1.807) is 19.1 Å². The van der Waals surface area contributed by atoms with E-state index in [-0.39, 0.29) is 0 Å². The van der Waals surface area contributed by atoms with Gasteiger partial charge in [-0.3, -0.25) is 0 Å². The van der Waals surface area contributed by atoms with Crippen molar-refractivity contribution in [2.75, 3.05) is 25.7 Å². The predicted molar refractivity (Wildman–Crippen MR) is 117 cm³/mol. The van der Waals surface area contributed by atoms with Crippen LogP contribution in [-0.2, 0) is 9.53 Å². The second-order valence-electron chi connectivity index (χ2n) is 6.57. The van der Waals surface area contributed by atoms with Crippen molar-refractivity contribution in [2.24, 2.45) is 0 Å². The SMILES string of the molecule is C=C/C=C\C=C.CC(C)(C)S(C)(C)c1ccccc1.CCOC(=O)CO. The number of esters is 1. The zero-order valence-electron chi connectivity index (χ0n) is 17.2. The summed E-state index contributed by atoms with van der Waals surface area (Å²) in [5, 5.41) is 7.99. The number of rotatable bonds is 5. The lowest BCUT2D eigenvalue weighted by Gasteiger charge is -2.45. The predicted octanol–water partition coefficient (Wildman–Crippen LogP) is 5.36. The molecule has 0 amide bonds. The minimum absolute atomic E-state index is 0.333. The normalized spacial score (nSPS) is 11.3. The van der Waals surface area contributed by atoms with Crippen LogP contribution in [0.1, 0.15) is 27.7 Å². The summed E-state index contributed by atoms with van der Waals surface area (Å²) in [7, 11) is -0.676. The minimum atomic E-state index is -0.676. The van der Waals surface area contributed by atoms with Crippen LogP contribution >= 0.6 is 10.0 Å². The van der Waals surface area contributed by atoms with Crippen LogP contribution in [-0.4, -0.2) is 41.5 Å². The standard InChI is InChI=1S/C12H20S.C6H8.C4H8O3/c1-12(2,3)13(4,5)11-9-7-6-8-10-11;1-3-5-6-4-2;1-2-7-4(6)3-5/h6-10H,1-5H3;3-6H,1-2H2;5H,2-3H2,1H3/b;6-5-;. The van der Waals surface area contributed by atoms with Crippen LogP contribution < -0.4 is 0 Å². The van der Waals surface area contributed by atoms with Gasteiger partial charge in [-0.2, -0.15) is 0 Å². The molecule has 0 heterocycles. The molecule has 148 valence electrons.